The van der Waals surface area contributed by atoms with Crippen molar-refractivity contribution in [2.75, 3.05) is 11.9 Å². The fourth-order valence-electron chi connectivity index (χ4n) is 2.10. The maximum Gasteiger partial charge on any atom is 0.338 e. The van der Waals surface area contributed by atoms with E-state index >= 15 is 0 Å². The van der Waals surface area contributed by atoms with Gasteiger partial charge in [0.05, 0.1) is 12.2 Å². The van der Waals surface area contributed by atoms with Gasteiger partial charge >= 0.3 is 5.97 Å². The Morgan fingerprint density at radius 2 is 1.84 bits per heavy atom. The van der Waals surface area contributed by atoms with Crippen LogP contribution in [-0.4, -0.2) is 24.6 Å². The van der Waals surface area contributed by atoms with E-state index in [0.717, 1.165) is 5.56 Å². The molecule has 6 heteroatoms. The molecule has 5 nitrogen and oxygen atoms in total. The van der Waals surface area contributed by atoms with Crippen LogP contribution in [-0.2, 0) is 9.53 Å². The molecule has 0 fully saturated rings. The molecule has 132 valence electrons. The highest BCUT2D eigenvalue weighted by Gasteiger charge is 2.17. The molecule has 0 aliphatic heterocycles. The van der Waals surface area contributed by atoms with Crippen LogP contribution >= 0.6 is 11.6 Å². The van der Waals surface area contributed by atoms with Gasteiger partial charge in [0, 0.05) is 10.7 Å². The van der Waals surface area contributed by atoms with Gasteiger partial charge in [0.15, 0.2) is 6.10 Å². The minimum Gasteiger partial charge on any atom is -0.481 e. The molecule has 2 rings (SSSR count). The van der Waals surface area contributed by atoms with Gasteiger partial charge in [0.2, 0.25) is 0 Å². The van der Waals surface area contributed by atoms with E-state index in [9.17, 15) is 9.59 Å². The first-order valence-corrected chi connectivity index (χ1v) is 8.29. The number of carbonyl (C=O) groups is 2. The summed E-state index contributed by atoms with van der Waals surface area (Å²) in [6, 6.07) is 11.8. The molecule has 0 unspecified atom stereocenters. The normalized spacial score (nSPS) is 11.5. The third-order valence-corrected chi connectivity index (χ3v) is 3.75. The first-order valence-electron chi connectivity index (χ1n) is 7.91. The molecule has 1 amide bonds. The monoisotopic (exact) mass is 361 g/mol. The molecule has 2 aromatic rings. The number of rotatable bonds is 6. The number of hydrogen-bond acceptors (Lipinski definition) is 4. The predicted molar refractivity (Wildman–Crippen MR) is 97.3 cm³/mol. The Hall–Kier alpha value is -2.53. The average molecular weight is 362 g/mol. The molecule has 0 aromatic heterocycles. The molecule has 2 aromatic carbocycles. The molecule has 0 spiro atoms. The zero-order chi connectivity index (χ0) is 18.4. The van der Waals surface area contributed by atoms with Crippen molar-refractivity contribution in [1.82, 2.24) is 0 Å². The van der Waals surface area contributed by atoms with Gasteiger partial charge in [0.1, 0.15) is 5.75 Å². The van der Waals surface area contributed by atoms with E-state index in [1.165, 1.54) is 0 Å². The number of benzene rings is 2. The van der Waals surface area contributed by atoms with E-state index in [-0.39, 0.29) is 5.91 Å². The highest BCUT2D eigenvalue weighted by Crippen LogP contribution is 2.20. The Morgan fingerprint density at radius 1 is 1.16 bits per heavy atom. The van der Waals surface area contributed by atoms with Crippen molar-refractivity contribution in [2.45, 2.75) is 26.9 Å². The van der Waals surface area contributed by atoms with E-state index in [1.54, 1.807) is 56.3 Å². The average Bonchev–Trinajstić information content (AvgIpc) is 2.59. The second-order valence-electron chi connectivity index (χ2n) is 5.45. The topological polar surface area (TPSA) is 64.6 Å². The Morgan fingerprint density at radius 3 is 2.48 bits per heavy atom. The highest BCUT2D eigenvalue weighted by molar-refractivity contribution is 6.30. The van der Waals surface area contributed by atoms with Crippen molar-refractivity contribution in [3.8, 4) is 5.75 Å². The molecular formula is C19H20ClNO4. The van der Waals surface area contributed by atoms with Crippen LogP contribution in [0.3, 0.4) is 0 Å². The van der Waals surface area contributed by atoms with E-state index in [2.05, 4.69) is 5.32 Å². The lowest BCUT2D eigenvalue weighted by Crippen LogP contribution is -2.30. The van der Waals surface area contributed by atoms with E-state index < -0.39 is 12.1 Å². The summed E-state index contributed by atoms with van der Waals surface area (Å²) in [5.41, 5.74) is 1.76. The van der Waals surface area contributed by atoms with Crippen LogP contribution in [0.4, 0.5) is 5.69 Å². The second-order valence-corrected chi connectivity index (χ2v) is 5.89. The SMILES string of the molecule is CCOC(=O)c1ccc(C)c(NC(=O)[C@@H](C)Oc2ccc(Cl)cc2)c1. The van der Waals surface area contributed by atoms with E-state index in [4.69, 9.17) is 21.1 Å². The Bertz CT molecular complexity index is 759. The lowest BCUT2D eigenvalue weighted by atomic mass is 10.1. The molecule has 25 heavy (non-hydrogen) atoms. The largest absolute Gasteiger partial charge is 0.481 e. The molecule has 0 radical (unpaired) electrons. The summed E-state index contributed by atoms with van der Waals surface area (Å²) >= 11 is 5.83. The maximum atomic E-state index is 12.4. The van der Waals surface area contributed by atoms with Crippen molar-refractivity contribution in [1.29, 1.82) is 0 Å². The van der Waals surface area contributed by atoms with Gasteiger partial charge in [-0.25, -0.2) is 4.79 Å². The Kier molecular flexibility index (Phi) is 6.42. The number of anilines is 1. The lowest BCUT2D eigenvalue weighted by Gasteiger charge is -2.16. The highest BCUT2D eigenvalue weighted by atomic mass is 35.5. The van der Waals surface area contributed by atoms with Crippen molar-refractivity contribution >= 4 is 29.2 Å². The standard InChI is InChI=1S/C19H20ClNO4/c1-4-24-19(23)14-6-5-12(2)17(11-14)21-18(22)13(3)25-16-9-7-15(20)8-10-16/h5-11,13H,4H2,1-3H3,(H,21,22)/t13-/m1/s1. The number of aryl methyl sites for hydroxylation is 1. The summed E-state index contributed by atoms with van der Waals surface area (Å²) < 4.78 is 10.6. The van der Waals surface area contributed by atoms with Gasteiger partial charge in [0.25, 0.3) is 5.91 Å². The van der Waals surface area contributed by atoms with Crippen molar-refractivity contribution < 1.29 is 19.1 Å². The number of nitrogens with one attached hydrogen (secondary N) is 1. The van der Waals surface area contributed by atoms with E-state index in [0.29, 0.717) is 28.6 Å². The molecule has 0 aliphatic carbocycles. The molecule has 0 bridgehead atoms. The Labute approximate surface area is 151 Å². The number of halogens is 1. The number of hydrogen-bond donors (Lipinski definition) is 1. The maximum absolute atomic E-state index is 12.4. The molecular weight excluding hydrogens is 342 g/mol. The van der Waals surface area contributed by atoms with Crippen LogP contribution in [0.15, 0.2) is 42.5 Å². The minimum absolute atomic E-state index is 0.292. The lowest BCUT2D eigenvalue weighted by molar-refractivity contribution is -0.122. The van der Waals surface area contributed by atoms with Gasteiger partial charge < -0.3 is 14.8 Å². The quantitative estimate of drug-likeness (QED) is 0.782. The van der Waals surface area contributed by atoms with Crippen LogP contribution in [0, 0.1) is 6.92 Å². The third-order valence-electron chi connectivity index (χ3n) is 3.50. The molecule has 0 heterocycles. The number of amides is 1. The first-order chi connectivity index (χ1) is 11.9. The van der Waals surface area contributed by atoms with Gasteiger partial charge in [-0.15, -0.1) is 0 Å². The molecule has 0 saturated heterocycles. The fourth-order valence-corrected chi connectivity index (χ4v) is 2.23. The van der Waals surface area contributed by atoms with Gasteiger partial charge in [-0.2, -0.15) is 0 Å². The van der Waals surface area contributed by atoms with Crippen molar-refractivity contribution in [2.24, 2.45) is 0 Å². The molecule has 0 aliphatic rings. The van der Waals surface area contributed by atoms with Crippen LogP contribution in [0.1, 0.15) is 29.8 Å². The Balaban J connectivity index is 2.07. The summed E-state index contributed by atoms with van der Waals surface area (Å²) in [5, 5.41) is 3.37. The number of ether oxygens (including phenoxy) is 2. The molecule has 0 saturated carbocycles. The summed E-state index contributed by atoms with van der Waals surface area (Å²) in [7, 11) is 0. The molecule has 1 N–H and O–H groups in total. The van der Waals surface area contributed by atoms with Crippen LogP contribution < -0.4 is 10.1 Å². The predicted octanol–water partition coefficient (Wildman–Crippen LogP) is 4.23. The number of carbonyl (C=O) groups excluding carboxylic acids is 2. The summed E-state index contributed by atoms with van der Waals surface area (Å²) in [5.74, 6) is -0.202. The van der Waals surface area contributed by atoms with Gasteiger partial charge in [-0.3, -0.25) is 4.79 Å². The molecule has 1 atom stereocenters. The zero-order valence-electron chi connectivity index (χ0n) is 14.3. The van der Waals surface area contributed by atoms with Crippen LogP contribution in [0.5, 0.6) is 5.75 Å². The van der Waals surface area contributed by atoms with Crippen LogP contribution in [0.2, 0.25) is 5.02 Å². The summed E-state index contributed by atoms with van der Waals surface area (Å²) in [6.07, 6.45) is -0.716. The second kappa shape index (κ2) is 8.53. The summed E-state index contributed by atoms with van der Waals surface area (Å²) in [6.45, 7) is 5.52. The summed E-state index contributed by atoms with van der Waals surface area (Å²) in [4.78, 5) is 24.2. The van der Waals surface area contributed by atoms with Crippen molar-refractivity contribution in [3.05, 3.63) is 58.6 Å². The number of esters is 1. The van der Waals surface area contributed by atoms with Gasteiger partial charge in [-0.05, 0) is 62.7 Å². The fraction of sp³-hybridized carbons (Fsp3) is 0.263. The third kappa shape index (κ3) is 5.22. The van der Waals surface area contributed by atoms with E-state index in [1.807, 2.05) is 6.92 Å². The minimum atomic E-state index is -0.716. The van der Waals surface area contributed by atoms with Crippen molar-refractivity contribution in [3.63, 3.8) is 0 Å². The van der Waals surface area contributed by atoms with Crippen LogP contribution in [0.25, 0.3) is 0 Å². The first kappa shape index (κ1) is 18.8. The van der Waals surface area contributed by atoms with Gasteiger partial charge in [-0.1, -0.05) is 17.7 Å². The smallest absolute Gasteiger partial charge is 0.338 e. The zero-order valence-corrected chi connectivity index (χ0v) is 15.1.